The van der Waals surface area contributed by atoms with Crippen LogP contribution >= 0.6 is 0 Å². The third-order valence-corrected chi connectivity index (χ3v) is 3.14. The Hall–Kier alpha value is -1.35. The Bertz CT molecular complexity index is 458. The van der Waals surface area contributed by atoms with Crippen LogP contribution in [0, 0.1) is 5.41 Å². The number of hydrogen-bond donors (Lipinski definition) is 2. The van der Waals surface area contributed by atoms with Crippen LogP contribution in [-0.4, -0.2) is 11.4 Å². The molecule has 0 fully saturated rings. The van der Waals surface area contributed by atoms with E-state index in [0.717, 1.165) is 17.5 Å². The fourth-order valence-corrected chi connectivity index (χ4v) is 2.89. The molecule has 0 atom stereocenters. The Morgan fingerprint density at radius 2 is 1.65 bits per heavy atom. The lowest BCUT2D eigenvalue weighted by atomic mass is 9.81. The standard InChI is InChI=1S/C17H28N2O/c1-16(2,3)12-17(4,5)19-15(20)10-13-8-6-7-9-14(13)11-18/h6-9H,10-12,18H2,1-5H3,(H,19,20). The molecule has 0 bridgehead atoms. The highest BCUT2D eigenvalue weighted by atomic mass is 16.1. The van der Waals surface area contributed by atoms with Gasteiger partial charge in [0.15, 0.2) is 0 Å². The second-order valence-corrected chi connectivity index (χ2v) is 7.32. The van der Waals surface area contributed by atoms with Gasteiger partial charge in [-0.15, -0.1) is 0 Å². The molecule has 1 amide bonds. The summed E-state index contributed by atoms with van der Waals surface area (Å²) >= 11 is 0. The lowest BCUT2D eigenvalue weighted by Gasteiger charge is -2.33. The Balaban J connectivity index is 2.68. The van der Waals surface area contributed by atoms with Crippen molar-refractivity contribution in [3.8, 4) is 0 Å². The van der Waals surface area contributed by atoms with E-state index in [9.17, 15) is 4.79 Å². The molecule has 0 heterocycles. The number of benzene rings is 1. The van der Waals surface area contributed by atoms with Gasteiger partial charge in [-0.3, -0.25) is 4.79 Å². The first kappa shape index (κ1) is 16.7. The van der Waals surface area contributed by atoms with Crippen LogP contribution in [0.5, 0.6) is 0 Å². The minimum Gasteiger partial charge on any atom is -0.351 e. The molecule has 3 nitrogen and oxygen atoms in total. The van der Waals surface area contributed by atoms with E-state index < -0.39 is 0 Å². The van der Waals surface area contributed by atoms with Crippen molar-refractivity contribution in [3.63, 3.8) is 0 Å². The van der Waals surface area contributed by atoms with Crippen molar-refractivity contribution in [3.05, 3.63) is 35.4 Å². The zero-order valence-corrected chi connectivity index (χ0v) is 13.4. The predicted molar refractivity (Wildman–Crippen MR) is 84.3 cm³/mol. The number of rotatable bonds is 5. The average molecular weight is 276 g/mol. The SMILES string of the molecule is CC(C)(C)CC(C)(C)NC(=O)Cc1ccccc1CN. The molecule has 1 rings (SSSR count). The minimum atomic E-state index is -0.201. The zero-order valence-electron chi connectivity index (χ0n) is 13.4. The van der Waals surface area contributed by atoms with Crippen LogP contribution in [0.3, 0.4) is 0 Å². The number of nitrogens with two attached hydrogens (primary N) is 1. The van der Waals surface area contributed by atoms with Crippen molar-refractivity contribution in [2.45, 2.75) is 59.5 Å². The summed E-state index contributed by atoms with van der Waals surface area (Å²) in [4.78, 5) is 12.2. The van der Waals surface area contributed by atoms with Crippen LogP contribution in [0.15, 0.2) is 24.3 Å². The maximum absolute atomic E-state index is 12.2. The van der Waals surface area contributed by atoms with E-state index in [0.29, 0.717) is 13.0 Å². The second-order valence-electron chi connectivity index (χ2n) is 7.32. The van der Waals surface area contributed by atoms with Gasteiger partial charge in [0, 0.05) is 12.1 Å². The summed E-state index contributed by atoms with van der Waals surface area (Å²) in [6.45, 7) is 11.2. The summed E-state index contributed by atoms with van der Waals surface area (Å²) in [5.41, 5.74) is 7.74. The summed E-state index contributed by atoms with van der Waals surface area (Å²) in [5.74, 6) is 0.0557. The summed E-state index contributed by atoms with van der Waals surface area (Å²) in [5, 5.41) is 3.13. The molecular formula is C17H28N2O. The van der Waals surface area contributed by atoms with E-state index in [-0.39, 0.29) is 16.9 Å². The molecule has 0 aliphatic heterocycles. The first-order valence-corrected chi connectivity index (χ1v) is 7.21. The fraction of sp³-hybridized carbons (Fsp3) is 0.588. The Morgan fingerprint density at radius 1 is 1.10 bits per heavy atom. The highest BCUT2D eigenvalue weighted by Gasteiger charge is 2.27. The summed E-state index contributed by atoms with van der Waals surface area (Å²) < 4.78 is 0. The van der Waals surface area contributed by atoms with E-state index in [1.807, 2.05) is 24.3 Å². The van der Waals surface area contributed by atoms with Crippen molar-refractivity contribution < 1.29 is 4.79 Å². The summed E-state index contributed by atoms with van der Waals surface area (Å²) in [6.07, 6.45) is 1.32. The van der Waals surface area contributed by atoms with Crippen LogP contribution in [0.4, 0.5) is 0 Å². The van der Waals surface area contributed by atoms with Crippen molar-refractivity contribution in [2.75, 3.05) is 0 Å². The minimum absolute atomic E-state index is 0.0557. The van der Waals surface area contributed by atoms with Gasteiger partial charge in [0.1, 0.15) is 0 Å². The molecule has 0 saturated heterocycles. The van der Waals surface area contributed by atoms with Crippen LogP contribution < -0.4 is 11.1 Å². The van der Waals surface area contributed by atoms with E-state index in [2.05, 4.69) is 39.9 Å². The number of nitrogens with one attached hydrogen (secondary N) is 1. The summed E-state index contributed by atoms with van der Waals surface area (Å²) in [7, 11) is 0. The number of hydrogen-bond acceptors (Lipinski definition) is 2. The van der Waals surface area contributed by atoms with Gasteiger partial charge < -0.3 is 11.1 Å². The van der Waals surface area contributed by atoms with Crippen LogP contribution in [-0.2, 0) is 17.8 Å². The molecule has 0 spiro atoms. The van der Waals surface area contributed by atoms with Gasteiger partial charge in [0.2, 0.25) is 5.91 Å². The van der Waals surface area contributed by atoms with Gasteiger partial charge in [-0.2, -0.15) is 0 Å². The fourth-order valence-electron chi connectivity index (χ4n) is 2.89. The monoisotopic (exact) mass is 276 g/mol. The molecule has 3 heteroatoms. The highest BCUT2D eigenvalue weighted by Crippen LogP contribution is 2.26. The lowest BCUT2D eigenvalue weighted by Crippen LogP contribution is -2.46. The average Bonchev–Trinajstić information content (AvgIpc) is 2.25. The van der Waals surface area contributed by atoms with E-state index in [1.54, 1.807) is 0 Å². The van der Waals surface area contributed by atoms with Gasteiger partial charge in [-0.05, 0) is 36.8 Å². The van der Waals surface area contributed by atoms with Crippen molar-refractivity contribution in [1.82, 2.24) is 5.32 Å². The maximum atomic E-state index is 12.2. The highest BCUT2D eigenvalue weighted by molar-refractivity contribution is 5.79. The molecule has 0 aliphatic carbocycles. The molecule has 0 saturated carbocycles. The molecule has 1 aromatic rings. The Kier molecular flexibility index (Phi) is 5.35. The number of carbonyl (C=O) groups is 1. The third-order valence-electron chi connectivity index (χ3n) is 3.14. The zero-order chi connectivity index (χ0) is 15.4. The van der Waals surface area contributed by atoms with E-state index >= 15 is 0 Å². The smallest absolute Gasteiger partial charge is 0.224 e. The van der Waals surface area contributed by atoms with Crippen molar-refractivity contribution in [2.24, 2.45) is 11.1 Å². The van der Waals surface area contributed by atoms with Crippen LogP contribution in [0.1, 0.15) is 52.2 Å². The number of amides is 1. The van der Waals surface area contributed by atoms with Gasteiger partial charge in [-0.1, -0.05) is 45.0 Å². The third kappa shape index (κ3) is 5.74. The Morgan fingerprint density at radius 3 is 2.15 bits per heavy atom. The predicted octanol–water partition coefficient (Wildman–Crippen LogP) is 3.02. The molecule has 0 unspecified atom stereocenters. The Labute approximate surface area is 122 Å². The number of carbonyl (C=O) groups excluding carboxylic acids is 1. The van der Waals surface area contributed by atoms with Crippen molar-refractivity contribution in [1.29, 1.82) is 0 Å². The van der Waals surface area contributed by atoms with E-state index in [1.165, 1.54) is 0 Å². The quantitative estimate of drug-likeness (QED) is 0.868. The molecular weight excluding hydrogens is 248 g/mol. The molecule has 0 aliphatic rings. The van der Waals surface area contributed by atoms with Crippen molar-refractivity contribution >= 4 is 5.91 Å². The molecule has 1 aromatic carbocycles. The molecule has 3 N–H and O–H groups in total. The second kappa shape index (κ2) is 6.40. The van der Waals surface area contributed by atoms with Crippen LogP contribution in [0.2, 0.25) is 0 Å². The first-order valence-electron chi connectivity index (χ1n) is 7.21. The molecule has 112 valence electrons. The largest absolute Gasteiger partial charge is 0.351 e. The maximum Gasteiger partial charge on any atom is 0.224 e. The molecule has 0 radical (unpaired) electrons. The normalized spacial score (nSPS) is 12.3. The van der Waals surface area contributed by atoms with Crippen LogP contribution in [0.25, 0.3) is 0 Å². The lowest BCUT2D eigenvalue weighted by molar-refractivity contribution is -0.122. The van der Waals surface area contributed by atoms with Gasteiger partial charge in [0.05, 0.1) is 6.42 Å². The first-order chi connectivity index (χ1) is 9.13. The van der Waals surface area contributed by atoms with Gasteiger partial charge in [-0.25, -0.2) is 0 Å². The van der Waals surface area contributed by atoms with Gasteiger partial charge in [0.25, 0.3) is 0 Å². The molecule has 20 heavy (non-hydrogen) atoms. The summed E-state index contributed by atoms with van der Waals surface area (Å²) in [6, 6.07) is 7.84. The topological polar surface area (TPSA) is 55.1 Å². The van der Waals surface area contributed by atoms with Gasteiger partial charge >= 0.3 is 0 Å². The van der Waals surface area contributed by atoms with E-state index in [4.69, 9.17) is 5.73 Å². The molecule has 0 aromatic heterocycles.